The molecule has 2 amide bonds. The largest absolute Gasteiger partial charge is 0.346 e. The summed E-state index contributed by atoms with van der Waals surface area (Å²) >= 11 is 0. The highest BCUT2D eigenvalue weighted by molar-refractivity contribution is 5.98. The zero-order valence-electron chi connectivity index (χ0n) is 10.5. The average molecular weight is 261 g/mol. The zero-order valence-corrected chi connectivity index (χ0v) is 10.5. The van der Waals surface area contributed by atoms with Gasteiger partial charge in [0.05, 0.1) is 18.5 Å². The van der Waals surface area contributed by atoms with Crippen molar-refractivity contribution in [2.24, 2.45) is 16.1 Å². The van der Waals surface area contributed by atoms with Gasteiger partial charge in [-0.1, -0.05) is 0 Å². The maximum atomic E-state index is 11.9. The molecule has 2 heterocycles. The van der Waals surface area contributed by atoms with E-state index in [1.807, 2.05) is 0 Å². The third-order valence-electron chi connectivity index (χ3n) is 3.23. The molecule has 0 aliphatic carbocycles. The van der Waals surface area contributed by atoms with Gasteiger partial charge in [-0.05, 0) is 12.8 Å². The van der Waals surface area contributed by atoms with Gasteiger partial charge < -0.3 is 10.2 Å². The number of nitrogens with zero attached hydrogens (tertiary/aromatic N) is 4. The molecule has 2 rings (SSSR count). The lowest BCUT2D eigenvalue weighted by Crippen LogP contribution is -2.44. The third kappa shape index (κ3) is 3.16. The van der Waals surface area contributed by atoms with Crippen molar-refractivity contribution in [3.8, 4) is 6.07 Å². The van der Waals surface area contributed by atoms with Crippen LogP contribution < -0.4 is 5.32 Å². The summed E-state index contributed by atoms with van der Waals surface area (Å²) in [5.41, 5.74) is 0. The SMILES string of the molecule is N#C[C@@H]1CCCN1C(=O)CNC(=O)C1C=NN=CC1. The van der Waals surface area contributed by atoms with Crippen LogP contribution in [0.5, 0.6) is 0 Å². The lowest BCUT2D eigenvalue weighted by molar-refractivity contribution is -0.133. The quantitative estimate of drug-likeness (QED) is 0.754. The highest BCUT2D eigenvalue weighted by Gasteiger charge is 2.28. The van der Waals surface area contributed by atoms with Crippen LogP contribution in [0.25, 0.3) is 0 Å². The molecule has 2 aliphatic heterocycles. The normalized spacial score (nSPS) is 25.1. The number of nitriles is 1. The van der Waals surface area contributed by atoms with Crippen molar-refractivity contribution in [2.75, 3.05) is 13.1 Å². The fraction of sp³-hybridized carbons (Fsp3) is 0.583. The number of carbonyl (C=O) groups excluding carboxylic acids is 2. The highest BCUT2D eigenvalue weighted by Crippen LogP contribution is 2.16. The standard InChI is InChI=1S/C12H15N5O2/c13-6-10-2-1-5-17(10)11(18)8-14-12(19)9-3-4-15-16-7-9/h4,7,9-10H,1-3,5,8H2,(H,14,19)/t9?,10-/m0/s1. The Kier molecular flexibility index (Phi) is 4.23. The van der Waals surface area contributed by atoms with Gasteiger partial charge in [0, 0.05) is 25.4 Å². The minimum atomic E-state index is -0.365. The summed E-state index contributed by atoms with van der Waals surface area (Å²) in [4.78, 5) is 25.2. The van der Waals surface area contributed by atoms with Crippen LogP contribution in [0.4, 0.5) is 0 Å². The molecular formula is C12H15N5O2. The molecule has 1 fully saturated rings. The molecule has 0 aromatic heterocycles. The van der Waals surface area contributed by atoms with Crippen molar-refractivity contribution in [1.29, 1.82) is 5.26 Å². The van der Waals surface area contributed by atoms with Crippen LogP contribution in [0.1, 0.15) is 19.3 Å². The van der Waals surface area contributed by atoms with Gasteiger partial charge >= 0.3 is 0 Å². The summed E-state index contributed by atoms with van der Waals surface area (Å²) in [5.74, 6) is -0.814. The predicted octanol–water partition coefficient (Wildman–Crippen LogP) is -0.306. The molecule has 0 radical (unpaired) electrons. The van der Waals surface area contributed by atoms with Gasteiger partial charge in [0.1, 0.15) is 6.04 Å². The lowest BCUT2D eigenvalue weighted by atomic mass is 10.1. The van der Waals surface area contributed by atoms with E-state index in [1.54, 1.807) is 6.21 Å². The Bertz CT molecular complexity index is 465. The smallest absolute Gasteiger partial charge is 0.243 e. The average Bonchev–Trinajstić information content (AvgIpc) is 2.93. The van der Waals surface area contributed by atoms with Gasteiger partial charge in [-0.15, -0.1) is 0 Å². The first-order valence-corrected chi connectivity index (χ1v) is 6.24. The summed E-state index contributed by atoms with van der Waals surface area (Å²) in [7, 11) is 0. The van der Waals surface area contributed by atoms with Crippen molar-refractivity contribution >= 4 is 24.2 Å². The second kappa shape index (κ2) is 6.09. The Hall–Kier alpha value is -2.23. The van der Waals surface area contributed by atoms with E-state index in [1.165, 1.54) is 11.1 Å². The van der Waals surface area contributed by atoms with E-state index in [0.717, 1.165) is 6.42 Å². The van der Waals surface area contributed by atoms with E-state index in [-0.39, 0.29) is 30.3 Å². The number of likely N-dealkylation sites (tertiary alicyclic amines) is 1. The molecule has 1 unspecified atom stereocenters. The fourth-order valence-corrected chi connectivity index (χ4v) is 2.16. The van der Waals surface area contributed by atoms with Crippen LogP contribution in [0, 0.1) is 17.2 Å². The van der Waals surface area contributed by atoms with Crippen molar-refractivity contribution in [3.05, 3.63) is 0 Å². The summed E-state index contributed by atoms with van der Waals surface area (Å²) in [6.07, 6.45) is 5.08. The van der Waals surface area contributed by atoms with E-state index in [4.69, 9.17) is 5.26 Å². The molecule has 7 nitrogen and oxygen atoms in total. The summed E-state index contributed by atoms with van der Waals surface area (Å²) in [6.45, 7) is 0.517. The lowest BCUT2D eigenvalue weighted by Gasteiger charge is -2.20. The van der Waals surface area contributed by atoms with Crippen LogP contribution in [0.15, 0.2) is 10.2 Å². The van der Waals surface area contributed by atoms with Crippen molar-refractivity contribution in [3.63, 3.8) is 0 Å². The monoisotopic (exact) mass is 261 g/mol. The van der Waals surface area contributed by atoms with E-state index >= 15 is 0 Å². The first-order valence-electron chi connectivity index (χ1n) is 6.24. The molecule has 1 saturated heterocycles. The predicted molar refractivity (Wildman–Crippen MR) is 68.4 cm³/mol. The van der Waals surface area contributed by atoms with Gasteiger partial charge in [-0.25, -0.2) is 0 Å². The number of hydrogen-bond acceptors (Lipinski definition) is 5. The topological polar surface area (TPSA) is 97.9 Å². The van der Waals surface area contributed by atoms with Crippen molar-refractivity contribution < 1.29 is 9.59 Å². The Balaban J connectivity index is 1.80. The van der Waals surface area contributed by atoms with Crippen LogP contribution in [-0.4, -0.2) is 48.3 Å². The molecule has 0 aromatic carbocycles. The molecule has 19 heavy (non-hydrogen) atoms. The maximum absolute atomic E-state index is 11.9. The maximum Gasteiger partial charge on any atom is 0.243 e. The highest BCUT2D eigenvalue weighted by atomic mass is 16.2. The van der Waals surface area contributed by atoms with Crippen molar-refractivity contribution in [1.82, 2.24) is 10.2 Å². The van der Waals surface area contributed by atoms with Crippen LogP contribution in [0.2, 0.25) is 0 Å². The minimum Gasteiger partial charge on any atom is -0.346 e. The van der Waals surface area contributed by atoms with E-state index < -0.39 is 0 Å². The molecule has 1 N–H and O–H groups in total. The Labute approximate surface area is 111 Å². The molecule has 0 spiro atoms. The van der Waals surface area contributed by atoms with Gasteiger partial charge in [-0.2, -0.15) is 15.5 Å². The van der Waals surface area contributed by atoms with E-state index in [0.29, 0.717) is 19.4 Å². The number of hydrogen-bond donors (Lipinski definition) is 1. The second-order valence-electron chi connectivity index (χ2n) is 4.50. The van der Waals surface area contributed by atoms with Crippen LogP contribution >= 0.6 is 0 Å². The van der Waals surface area contributed by atoms with Gasteiger partial charge in [0.25, 0.3) is 0 Å². The molecule has 100 valence electrons. The van der Waals surface area contributed by atoms with E-state index in [2.05, 4.69) is 21.6 Å². The zero-order chi connectivity index (χ0) is 13.7. The molecule has 2 atom stereocenters. The molecule has 0 bridgehead atoms. The fourth-order valence-electron chi connectivity index (χ4n) is 2.16. The Morgan fingerprint density at radius 2 is 2.32 bits per heavy atom. The number of nitrogens with one attached hydrogen (secondary N) is 1. The van der Waals surface area contributed by atoms with Crippen LogP contribution in [-0.2, 0) is 9.59 Å². The first-order chi connectivity index (χ1) is 9.22. The van der Waals surface area contributed by atoms with Gasteiger partial charge in [-0.3, -0.25) is 9.59 Å². The van der Waals surface area contributed by atoms with Gasteiger partial charge in [0.15, 0.2) is 0 Å². The summed E-state index contributed by atoms with van der Waals surface area (Å²) in [5, 5.41) is 18.8. The number of rotatable bonds is 3. The van der Waals surface area contributed by atoms with E-state index in [9.17, 15) is 9.59 Å². The number of carbonyl (C=O) groups is 2. The molecule has 7 heteroatoms. The summed E-state index contributed by atoms with van der Waals surface area (Å²) in [6, 6.07) is 1.75. The third-order valence-corrected chi connectivity index (χ3v) is 3.23. The number of amides is 2. The molecular weight excluding hydrogens is 246 g/mol. The molecule has 0 aromatic rings. The molecule has 0 saturated carbocycles. The van der Waals surface area contributed by atoms with Crippen LogP contribution in [0.3, 0.4) is 0 Å². The second-order valence-corrected chi connectivity index (χ2v) is 4.50. The first kappa shape index (κ1) is 13.2. The van der Waals surface area contributed by atoms with Crippen molar-refractivity contribution in [2.45, 2.75) is 25.3 Å². The Morgan fingerprint density at radius 1 is 1.47 bits per heavy atom. The Morgan fingerprint density at radius 3 is 3.00 bits per heavy atom. The minimum absolute atomic E-state index is 0.0709. The van der Waals surface area contributed by atoms with Gasteiger partial charge in [0.2, 0.25) is 11.8 Å². The molecule has 2 aliphatic rings. The summed E-state index contributed by atoms with van der Waals surface area (Å²) < 4.78 is 0.